The Morgan fingerprint density at radius 3 is 2.00 bits per heavy atom. The van der Waals surface area contributed by atoms with Crippen LogP contribution in [0.3, 0.4) is 0 Å². The van der Waals surface area contributed by atoms with Crippen molar-refractivity contribution in [3.8, 4) is 17.1 Å². The predicted molar refractivity (Wildman–Crippen MR) is 68.0 cm³/mol. The molecule has 114 valence electrons. The van der Waals surface area contributed by atoms with E-state index in [9.17, 15) is 22.0 Å². The first-order valence-electron chi connectivity index (χ1n) is 6.03. The van der Waals surface area contributed by atoms with Crippen LogP contribution in [0.15, 0.2) is 28.7 Å². The molecule has 0 saturated heterocycles. The zero-order valence-electron chi connectivity index (χ0n) is 11.0. The molecule has 0 radical (unpaired) electrons. The third-order valence-electron chi connectivity index (χ3n) is 3.18. The van der Waals surface area contributed by atoms with Gasteiger partial charge >= 0.3 is 0 Å². The molecule has 0 aliphatic carbocycles. The van der Waals surface area contributed by atoms with Gasteiger partial charge < -0.3 is 9.15 Å². The number of rotatable bonds is 2. The van der Waals surface area contributed by atoms with Gasteiger partial charge in [0.1, 0.15) is 17.1 Å². The van der Waals surface area contributed by atoms with E-state index in [0.717, 1.165) is 0 Å². The summed E-state index contributed by atoms with van der Waals surface area (Å²) in [6.07, 6.45) is 0. The van der Waals surface area contributed by atoms with E-state index in [1.165, 1.54) is 25.3 Å². The monoisotopic (exact) mass is 314 g/mol. The zero-order chi connectivity index (χ0) is 16.0. The molecular formula is C15H7F5O2. The van der Waals surface area contributed by atoms with Crippen molar-refractivity contribution in [3.63, 3.8) is 0 Å². The highest BCUT2D eigenvalue weighted by molar-refractivity contribution is 5.84. The standard InChI is InChI=1S/C15H7F5O2/c1-21-7-3-2-6-4-9(22-8(6)5-7)10-11(16)13(18)15(20)14(19)12(10)17/h2-5H,1H3. The number of fused-ring (bicyclic) bond motifs is 1. The quantitative estimate of drug-likeness (QED) is 0.385. The van der Waals surface area contributed by atoms with Gasteiger partial charge in [-0.25, -0.2) is 22.0 Å². The van der Waals surface area contributed by atoms with E-state index < -0.39 is 40.4 Å². The van der Waals surface area contributed by atoms with Crippen LogP contribution in [0.4, 0.5) is 22.0 Å². The Morgan fingerprint density at radius 1 is 0.818 bits per heavy atom. The summed E-state index contributed by atoms with van der Waals surface area (Å²) >= 11 is 0. The average Bonchev–Trinajstić information content (AvgIpc) is 2.93. The lowest BCUT2D eigenvalue weighted by molar-refractivity contribution is 0.379. The van der Waals surface area contributed by atoms with Crippen molar-refractivity contribution in [2.45, 2.75) is 0 Å². The summed E-state index contributed by atoms with van der Waals surface area (Å²) in [6, 6.07) is 5.73. The fourth-order valence-electron chi connectivity index (χ4n) is 2.08. The Bertz CT molecular complexity index is 856. The van der Waals surface area contributed by atoms with Crippen molar-refractivity contribution in [1.82, 2.24) is 0 Å². The van der Waals surface area contributed by atoms with Crippen molar-refractivity contribution in [1.29, 1.82) is 0 Å². The first kappa shape index (κ1) is 14.4. The molecule has 1 heterocycles. The topological polar surface area (TPSA) is 22.4 Å². The molecule has 0 aliphatic rings. The minimum absolute atomic E-state index is 0.193. The molecule has 2 aromatic carbocycles. The largest absolute Gasteiger partial charge is 0.497 e. The first-order chi connectivity index (χ1) is 10.4. The molecule has 0 aliphatic heterocycles. The van der Waals surface area contributed by atoms with Gasteiger partial charge in [0.05, 0.1) is 12.7 Å². The third-order valence-corrected chi connectivity index (χ3v) is 3.18. The molecular weight excluding hydrogens is 307 g/mol. The molecule has 22 heavy (non-hydrogen) atoms. The van der Waals surface area contributed by atoms with Gasteiger partial charge in [-0.3, -0.25) is 0 Å². The Balaban J connectivity index is 2.28. The van der Waals surface area contributed by atoms with Crippen LogP contribution in [0.25, 0.3) is 22.3 Å². The normalized spacial score (nSPS) is 11.2. The van der Waals surface area contributed by atoms with Crippen LogP contribution in [-0.4, -0.2) is 7.11 Å². The number of furan rings is 1. The molecule has 1 aromatic heterocycles. The van der Waals surface area contributed by atoms with Crippen LogP contribution >= 0.6 is 0 Å². The van der Waals surface area contributed by atoms with Crippen LogP contribution in [0, 0.1) is 29.1 Å². The summed E-state index contributed by atoms with van der Waals surface area (Å²) in [7, 11) is 1.41. The van der Waals surface area contributed by atoms with E-state index in [1.807, 2.05) is 0 Å². The number of methoxy groups -OCH3 is 1. The fourth-order valence-corrected chi connectivity index (χ4v) is 2.08. The lowest BCUT2D eigenvalue weighted by Crippen LogP contribution is -2.03. The van der Waals surface area contributed by atoms with Gasteiger partial charge in [0.25, 0.3) is 0 Å². The summed E-state index contributed by atoms with van der Waals surface area (Å²) in [6.45, 7) is 0. The molecule has 0 atom stereocenters. The first-order valence-corrected chi connectivity index (χ1v) is 6.03. The van der Waals surface area contributed by atoms with Gasteiger partial charge in [-0.1, -0.05) is 0 Å². The van der Waals surface area contributed by atoms with Crippen molar-refractivity contribution in [2.75, 3.05) is 7.11 Å². The van der Waals surface area contributed by atoms with E-state index in [0.29, 0.717) is 11.1 Å². The molecule has 0 N–H and O–H groups in total. The van der Waals surface area contributed by atoms with E-state index in [1.54, 1.807) is 6.07 Å². The van der Waals surface area contributed by atoms with Crippen molar-refractivity contribution < 1.29 is 31.1 Å². The Morgan fingerprint density at radius 2 is 1.41 bits per heavy atom. The summed E-state index contributed by atoms with van der Waals surface area (Å²) in [5.74, 6) is -10.2. The molecule has 0 saturated carbocycles. The lowest BCUT2D eigenvalue weighted by atomic mass is 10.1. The molecule has 7 heteroatoms. The molecule has 3 rings (SSSR count). The maximum Gasteiger partial charge on any atom is 0.200 e. The van der Waals surface area contributed by atoms with E-state index in [4.69, 9.17) is 9.15 Å². The van der Waals surface area contributed by atoms with Crippen LogP contribution in [0.5, 0.6) is 5.75 Å². The van der Waals surface area contributed by atoms with Crippen LogP contribution in [-0.2, 0) is 0 Å². The summed E-state index contributed by atoms with van der Waals surface area (Å²) in [5, 5.41) is 0.430. The zero-order valence-corrected chi connectivity index (χ0v) is 11.0. The number of hydrogen-bond acceptors (Lipinski definition) is 2. The second kappa shape index (κ2) is 5.01. The molecule has 0 fully saturated rings. The maximum atomic E-state index is 13.8. The highest BCUT2D eigenvalue weighted by Crippen LogP contribution is 2.35. The molecule has 0 spiro atoms. The fraction of sp³-hybridized carbons (Fsp3) is 0.0667. The highest BCUT2D eigenvalue weighted by atomic mass is 19.2. The number of hydrogen-bond donors (Lipinski definition) is 0. The van der Waals surface area contributed by atoms with E-state index >= 15 is 0 Å². The molecule has 2 nitrogen and oxygen atoms in total. The average molecular weight is 314 g/mol. The van der Waals surface area contributed by atoms with Crippen LogP contribution < -0.4 is 4.74 Å². The lowest BCUT2D eigenvalue weighted by Gasteiger charge is -2.05. The summed E-state index contributed by atoms with van der Waals surface area (Å²) < 4.78 is 77.2. The predicted octanol–water partition coefficient (Wildman–Crippen LogP) is 4.80. The van der Waals surface area contributed by atoms with Crippen molar-refractivity contribution in [3.05, 3.63) is 53.4 Å². The number of benzene rings is 2. The molecule has 0 bridgehead atoms. The summed E-state index contributed by atoms with van der Waals surface area (Å²) in [4.78, 5) is 0. The minimum atomic E-state index is -2.21. The van der Waals surface area contributed by atoms with Gasteiger partial charge in [-0.05, 0) is 18.2 Å². The van der Waals surface area contributed by atoms with Crippen LogP contribution in [0.1, 0.15) is 0 Å². The molecule has 0 unspecified atom stereocenters. The van der Waals surface area contributed by atoms with Crippen molar-refractivity contribution in [2.24, 2.45) is 0 Å². The number of ether oxygens (including phenoxy) is 1. The maximum absolute atomic E-state index is 13.8. The van der Waals surface area contributed by atoms with Gasteiger partial charge in [-0.15, -0.1) is 0 Å². The number of halogens is 5. The van der Waals surface area contributed by atoms with Crippen LogP contribution in [0.2, 0.25) is 0 Å². The van der Waals surface area contributed by atoms with Gasteiger partial charge in [0.2, 0.25) is 5.82 Å². The minimum Gasteiger partial charge on any atom is -0.497 e. The van der Waals surface area contributed by atoms with Crippen molar-refractivity contribution >= 4 is 11.0 Å². The Kier molecular flexibility index (Phi) is 3.27. The summed E-state index contributed by atoms with van der Waals surface area (Å²) in [5.41, 5.74) is -0.912. The van der Waals surface area contributed by atoms with E-state index in [2.05, 4.69) is 0 Å². The van der Waals surface area contributed by atoms with Gasteiger partial charge in [-0.2, -0.15) is 0 Å². The van der Waals surface area contributed by atoms with E-state index in [-0.39, 0.29) is 5.58 Å². The Labute approximate surface area is 120 Å². The van der Waals surface area contributed by atoms with Gasteiger partial charge in [0, 0.05) is 11.5 Å². The van der Waals surface area contributed by atoms with Gasteiger partial charge in [0.15, 0.2) is 23.3 Å². The molecule has 0 amide bonds. The second-order valence-electron chi connectivity index (χ2n) is 4.46. The third kappa shape index (κ3) is 2.01. The Hall–Kier alpha value is -2.57. The molecule has 3 aromatic rings. The SMILES string of the molecule is COc1ccc2cc(-c3c(F)c(F)c(F)c(F)c3F)oc2c1. The smallest absolute Gasteiger partial charge is 0.200 e. The second-order valence-corrected chi connectivity index (χ2v) is 4.46. The highest BCUT2D eigenvalue weighted by Gasteiger charge is 2.28.